The molecule has 0 radical (unpaired) electrons. The molecule has 1 atom stereocenters. The van der Waals surface area contributed by atoms with E-state index in [1.165, 1.54) is 0 Å². The first kappa shape index (κ1) is 24.9. The first-order valence-corrected chi connectivity index (χ1v) is 10.4. The summed E-state index contributed by atoms with van der Waals surface area (Å²) in [5, 5.41) is 17.4. The Bertz CT molecular complexity index is 706. The van der Waals surface area contributed by atoms with Gasteiger partial charge in [-0.15, -0.1) is 11.8 Å². The Hall–Kier alpha value is -2.10. The highest BCUT2D eigenvalue weighted by atomic mass is 32.2. The van der Waals surface area contributed by atoms with Crippen LogP contribution < -0.4 is 10.6 Å². The number of carbonyl (C=O) groups is 3. The molecule has 1 rings (SSSR count). The van der Waals surface area contributed by atoms with E-state index in [0.29, 0.717) is 31.1 Å². The van der Waals surface area contributed by atoms with Gasteiger partial charge in [-0.1, -0.05) is 46.7 Å². The van der Waals surface area contributed by atoms with Gasteiger partial charge in [0.05, 0.1) is 0 Å². The lowest BCUT2D eigenvalue weighted by molar-refractivity contribution is -0.139. The molecule has 0 unspecified atom stereocenters. The molecule has 0 aromatic carbocycles. The first-order chi connectivity index (χ1) is 13.2. The van der Waals surface area contributed by atoms with E-state index in [4.69, 9.17) is 4.52 Å². The minimum atomic E-state index is -1.09. The van der Waals surface area contributed by atoms with Crippen molar-refractivity contribution in [2.75, 3.05) is 6.54 Å². The van der Waals surface area contributed by atoms with Gasteiger partial charge in [0.2, 0.25) is 17.7 Å². The number of amides is 2. The van der Waals surface area contributed by atoms with Crippen molar-refractivity contribution in [3.63, 3.8) is 0 Å². The zero-order valence-corrected chi connectivity index (χ0v) is 18.8. The lowest BCUT2D eigenvalue weighted by atomic mass is 9.92. The third-order valence-electron chi connectivity index (χ3n) is 3.43. The maximum atomic E-state index is 12.1. The molecule has 0 spiro atoms. The number of aryl methyl sites for hydroxylation is 1. The summed E-state index contributed by atoms with van der Waals surface area (Å²) in [4.78, 5) is 39.4. The second-order valence-electron chi connectivity index (χ2n) is 8.96. The van der Waals surface area contributed by atoms with Crippen molar-refractivity contribution in [1.29, 1.82) is 0 Å². The minimum Gasteiger partial charge on any atom is -0.479 e. The Kier molecular flexibility index (Phi) is 9.13. The van der Waals surface area contributed by atoms with Gasteiger partial charge in [0.25, 0.3) is 0 Å². The maximum absolute atomic E-state index is 12.1. The number of aromatic nitrogens is 2. The van der Waals surface area contributed by atoms with E-state index < -0.39 is 17.3 Å². The van der Waals surface area contributed by atoms with Crippen LogP contribution in [0.25, 0.3) is 0 Å². The molecule has 29 heavy (non-hydrogen) atoms. The van der Waals surface area contributed by atoms with Crippen LogP contribution in [-0.2, 0) is 27.2 Å². The highest BCUT2D eigenvalue weighted by Gasteiger charge is 2.26. The largest absolute Gasteiger partial charge is 0.479 e. The fourth-order valence-corrected chi connectivity index (χ4v) is 3.28. The number of hydrogen-bond donors (Lipinski definition) is 3. The van der Waals surface area contributed by atoms with Crippen molar-refractivity contribution in [1.82, 2.24) is 20.8 Å². The number of carboxylic acids is 1. The predicted molar refractivity (Wildman–Crippen MR) is 110 cm³/mol. The quantitative estimate of drug-likeness (QED) is 0.483. The summed E-state index contributed by atoms with van der Waals surface area (Å²) in [5.41, 5.74) is -0.0760. The molecule has 0 aliphatic heterocycles. The van der Waals surface area contributed by atoms with Gasteiger partial charge in [-0.25, -0.2) is 4.79 Å². The third-order valence-corrected chi connectivity index (χ3v) is 4.69. The zero-order chi connectivity index (χ0) is 22.2. The molecule has 1 aromatic heterocycles. The molecule has 0 bridgehead atoms. The summed E-state index contributed by atoms with van der Waals surface area (Å²) in [7, 11) is 0. The second kappa shape index (κ2) is 10.6. The molecule has 164 valence electrons. The van der Waals surface area contributed by atoms with E-state index >= 15 is 0 Å². The van der Waals surface area contributed by atoms with Crippen molar-refractivity contribution in [3.8, 4) is 0 Å². The van der Waals surface area contributed by atoms with Gasteiger partial charge < -0.3 is 20.3 Å². The summed E-state index contributed by atoms with van der Waals surface area (Å²) in [5.74, 6) is -0.770. The van der Waals surface area contributed by atoms with Crippen molar-refractivity contribution < 1.29 is 24.0 Å². The zero-order valence-electron chi connectivity index (χ0n) is 18.0. The summed E-state index contributed by atoms with van der Waals surface area (Å²) in [6.45, 7) is 12.0. The highest BCUT2D eigenvalue weighted by molar-refractivity contribution is 8.01. The van der Waals surface area contributed by atoms with E-state index in [9.17, 15) is 19.5 Å². The van der Waals surface area contributed by atoms with Crippen LogP contribution in [0, 0.1) is 5.41 Å². The number of rotatable bonds is 10. The van der Waals surface area contributed by atoms with Gasteiger partial charge in [0.1, 0.15) is 0 Å². The standard InChI is InChI=1S/C19H32N4O5S/c1-18(2,3)11-14(25)20-10-9-15-21-12(23-28-15)7-8-13(24)22-16(17(26)27)29-19(4,5)6/h16H,7-11H2,1-6H3,(H,20,25)(H,22,24)(H,26,27)/t16-/m0/s1. The van der Waals surface area contributed by atoms with E-state index in [2.05, 4.69) is 20.8 Å². The van der Waals surface area contributed by atoms with Gasteiger partial charge in [-0.05, 0) is 5.41 Å². The topological polar surface area (TPSA) is 134 Å². The fraction of sp³-hybridized carbons (Fsp3) is 0.737. The van der Waals surface area contributed by atoms with Gasteiger partial charge in [-0.2, -0.15) is 4.98 Å². The van der Waals surface area contributed by atoms with E-state index in [-0.39, 0.29) is 28.9 Å². The predicted octanol–water partition coefficient (Wildman–Crippen LogP) is 2.16. The Labute approximate surface area is 175 Å². The fourth-order valence-electron chi connectivity index (χ4n) is 2.29. The molecule has 1 aromatic rings. The van der Waals surface area contributed by atoms with E-state index in [1.54, 1.807) is 0 Å². The van der Waals surface area contributed by atoms with Gasteiger partial charge in [0.15, 0.2) is 11.2 Å². The van der Waals surface area contributed by atoms with Crippen LogP contribution in [-0.4, -0.2) is 49.7 Å². The molecule has 0 aliphatic rings. The average Bonchev–Trinajstić information content (AvgIpc) is 2.97. The molecule has 0 fully saturated rings. The van der Waals surface area contributed by atoms with Crippen molar-refractivity contribution in [2.45, 2.75) is 77.3 Å². The second-order valence-corrected chi connectivity index (χ2v) is 10.9. The minimum absolute atomic E-state index is 0.0324. The molecule has 1 heterocycles. The molecule has 3 N–H and O–H groups in total. The van der Waals surface area contributed by atoms with Crippen LogP contribution in [0.3, 0.4) is 0 Å². The Morgan fingerprint density at radius 3 is 2.31 bits per heavy atom. The van der Waals surface area contributed by atoms with Crippen LogP contribution in [0.2, 0.25) is 0 Å². The molecule has 9 nitrogen and oxygen atoms in total. The molecular weight excluding hydrogens is 396 g/mol. The lowest BCUT2D eigenvalue weighted by Crippen LogP contribution is -2.40. The number of thioether (sulfide) groups is 1. The van der Waals surface area contributed by atoms with Crippen molar-refractivity contribution in [2.24, 2.45) is 5.41 Å². The summed E-state index contributed by atoms with van der Waals surface area (Å²) in [6, 6.07) is 0. The van der Waals surface area contributed by atoms with Crippen molar-refractivity contribution >= 4 is 29.5 Å². The van der Waals surface area contributed by atoms with E-state index in [0.717, 1.165) is 11.8 Å². The number of carboxylic acid groups (broad SMARTS) is 1. The third kappa shape index (κ3) is 11.5. The van der Waals surface area contributed by atoms with Crippen LogP contribution in [0.1, 0.15) is 66.1 Å². The van der Waals surface area contributed by atoms with Crippen molar-refractivity contribution in [3.05, 3.63) is 11.7 Å². The SMILES string of the molecule is CC(C)(C)CC(=O)NCCc1nc(CCC(=O)N[C@@H](SC(C)(C)C)C(=O)O)no1. The molecule has 2 amide bonds. The number of nitrogens with one attached hydrogen (secondary N) is 2. The Balaban J connectivity index is 2.40. The number of carbonyl (C=O) groups excluding carboxylic acids is 2. The van der Waals surface area contributed by atoms with Crippen LogP contribution in [0.15, 0.2) is 4.52 Å². The molecule has 10 heteroatoms. The summed E-state index contributed by atoms with van der Waals surface area (Å²) in [6.07, 6.45) is 1.12. The summed E-state index contributed by atoms with van der Waals surface area (Å²) >= 11 is 1.16. The number of aliphatic carboxylic acids is 1. The van der Waals surface area contributed by atoms with Crippen LogP contribution >= 0.6 is 11.8 Å². The van der Waals surface area contributed by atoms with E-state index in [1.807, 2.05) is 41.5 Å². The molecule has 0 saturated heterocycles. The number of hydrogen-bond acceptors (Lipinski definition) is 7. The lowest BCUT2D eigenvalue weighted by Gasteiger charge is -2.23. The van der Waals surface area contributed by atoms with Crippen LogP contribution in [0.5, 0.6) is 0 Å². The van der Waals surface area contributed by atoms with Gasteiger partial charge >= 0.3 is 5.97 Å². The highest BCUT2D eigenvalue weighted by Crippen LogP contribution is 2.27. The Morgan fingerprint density at radius 1 is 1.10 bits per heavy atom. The van der Waals surface area contributed by atoms with Gasteiger partial charge in [0, 0.05) is 37.0 Å². The Morgan fingerprint density at radius 2 is 1.76 bits per heavy atom. The van der Waals surface area contributed by atoms with Crippen LogP contribution in [0.4, 0.5) is 0 Å². The first-order valence-electron chi connectivity index (χ1n) is 9.53. The number of nitrogens with zero attached hydrogens (tertiary/aromatic N) is 2. The molecular formula is C19H32N4O5S. The summed E-state index contributed by atoms with van der Waals surface area (Å²) < 4.78 is 4.82. The normalized spacial score (nSPS) is 13.0. The average molecular weight is 429 g/mol. The molecule has 0 saturated carbocycles. The maximum Gasteiger partial charge on any atom is 0.336 e. The monoisotopic (exact) mass is 428 g/mol. The molecule has 0 aliphatic carbocycles. The smallest absolute Gasteiger partial charge is 0.336 e. The van der Waals surface area contributed by atoms with Gasteiger partial charge in [-0.3, -0.25) is 9.59 Å².